The van der Waals surface area contributed by atoms with Crippen molar-refractivity contribution in [2.45, 2.75) is 30.6 Å². The van der Waals surface area contributed by atoms with Crippen molar-refractivity contribution in [2.75, 3.05) is 5.75 Å². The zero-order chi connectivity index (χ0) is 17.1. The van der Waals surface area contributed by atoms with E-state index < -0.39 is 51.7 Å². The minimum Gasteiger partial charge on any atom is -0.247 e. The second-order valence-corrected chi connectivity index (χ2v) is 5.47. The molecule has 0 aromatic heterocycles. The van der Waals surface area contributed by atoms with Crippen molar-refractivity contribution in [2.24, 2.45) is 4.99 Å². The van der Waals surface area contributed by atoms with Gasteiger partial charge in [0.05, 0.1) is 16.5 Å². The molecular formula is C12H9ClF7NS. The number of nitrogens with zero attached hydrogens (tertiary/aromatic N) is 1. The van der Waals surface area contributed by atoms with Crippen molar-refractivity contribution in [3.63, 3.8) is 0 Å². The molecule has 0 unspecified atom stereocenters. The molecule has 22 heavy (non-hydrogen) atoms. The summed E-state index contributed by atoms with van der Waals surface area (Å²) in [4.78, 5) is 2.82. The molecule has 0 aliphatic rings. The fourth-order valence-corrected chi connectivity index (χ4v) is 2.27. The Morgan fingerprint density at radius 3 is 2.23 bits per heavy atom. The van der Waals surface area contributed by atoms with Crippen LogP contribution in [0.4, 0.5) is 36.4 Å². The molecule has 0 atom stereocenters. The van der Waals surface area contributed by atoms with Gasteiger partial charge in [-0.3, -0.25) is 0 Å². The highest BCUT2D eigenvalue weighted by atomic mass is 35.5. The van der Waals surface area contributed by atoms with Crippen molar-refractivity contribution < 1.29 is 30.7 Å². The van der Waals surface area contributed by atoms with Gasteiger partial charge < -0.3 is 0 Å². The Morgan fingerprint density at radius 2 is 1.77 bits per heavy atom. The first-order valence-electron chi connectivity index (χ1n) is 5.77. The smallest absolute Gasteiger partial charge is 0.247 e. The third kappa shape index (κ3) is 5.68. The Kier molecular flexibility index (Phi) is 6.14. The number of hydrogen-bond donors (Lipinski definition) is 0. The quantitative estimate of drug-likeness (QED) is 0.352. The van der Waals surface area contributed by atoms with Gasteiger partial charge in [-0.15, -0.1) is 11.8 Å². The summed E-state index contributed by atoms with van der Waals surface area (Å²) in [7, 11) is 0. The molecule has 0 aliphatic carbocycles. The summed E-state index contributed by atoms with van der Waals surface area (Å²) in [6.07, 6.45) is -9.70. The van der Waals surface area contributed by atoms with Crippen LogP contribution in [-0.2, 0) is 0 Å². The predicted octanol–water partition coefficient (Wildman–Crippen LogP) is 6.18. The van der Waals surface area contributed by atoms with Crippen molar-refractivity contribution in [1.82, 2.24) is 0 Å². The van der Waals surface area contributed by atoms with Crippen LogP contribution in [-0.4, -0.2) is 23.8 Å². The maximum Gasteiger partial charge on any atom is 0.429 e. The summed E-state index contributed by atoms with van der Waals surface area (Å²) < 4.78 is 87.8. The van der Waals surface area contributed by atoms with Crippen molar-refractivity contribution in [3.05, 3.63) is 23.0 Å². The molecule has 124 valence electrons. The third-order valence-electron chi connectivity index (χ3n) is 2.31. The van der Waals surface area contributed by atoms with Gasteiger partial charge in [-0.1, -0.05) is 18.5 Å². The molecule has 1 aromatic rings. The molecule has 1 aromatic carbocycles. The molecule has 0 amide bonds. The predicted molar refractivity (Wildman–Crippen MR) is 71.6 cm³/mol. The van der Waals surface area contributed by atoms with E-state index in [9.17, 15) is 30.7 Å². The minimum absolute atomic E-state index is 0.110. The summed E-state index contributed by atoms with van der Waals surface area (Å²) in [5.74, 6) is -2.43. The molecule has 0 fully saturated rings. The van der Waals surface area contributed by atoms with E-state index in [0.29, 0.717) is 6.07 Å². The summed E-state index contributed by atoms with van der Waals surface area (Å²) in [6.45, 7) is 1.21. The summed E-state index contributed by atoms with van der Waals surface area (Å²) in [6, 6.07) is 1.41. The second-order valence-electron chi connectivity index (χ2n) is 4.05. The molecule has 0 radical (unpaired) electrons. The maximum atomic E-state index is 13.5. The Labute approximate surface area is 130 Å². The van der Waals surface area contributed by atoms with E-state index in [1.807, 2.05) is 0 Å². The van der Waals surface area contributed by atoms with Crippen LogP contribution in [0.15, 0.2) is 22.0 Å². The normalized spacial score (nSPS) is 13.6. The SMILES string of the molecule is CCC(=Nc1cc(SCC(F)(F)F)c(F)cc1Cl)C(F)(F)F. The topological polar surface area (TPSA) is 12.4 Å². The van der Waals surface area contributed by atoms with Gasteiger partial charge in [0, 0.05) is 4.90 Å². The lowest BCUT2D eigenvalue weighted by Gasteiger charge is -2.11. The second kappa shape index (κ2) is 7.08. The van der Waals surface area contributed by atoms with Gasteiger partial charge in [0.1, 0.15) is 11.5 Å². The van der Waals surface area contributed by atoms with Crippen LogP contribution in [0.2, 0.25) is 5.02 Å². The minimum atomic E-state index is -4.70. The molecule has 10 heteroatoms. The Hall–Kier alpha value is -0.960. The Morgan fingerprint density at radius 1 is 1.18 bits per heavy atom. The van der Waals surface area contributed by atoms with E-state index in [0.717, 1.165) is 6.07 Å². The van der Waals surface area contributed by atoms with Crippen molar-refractivity contribution >= 4 is 34.8 Å². The largest absolute Gasteiger partial charge is 0.429 e. The lowest BCUT2D eigenvalue weighted by molar-refractivity contribution is -0.105. The van der Waals surface area contributed by atoms with Gasteiger partial charge in [-0.25, -0.2) is 9.38 Å². The van der Waals surface area contributed by atoms with Crippen molar-refractivity contribution in [3.8, 4) is 0 Å². The van der Waals surface area contributed by atoms with Gasteiger partial charge in [0.15, 0.2) is 0 Å². The highest BCUT2D eigenvalue weighted by Gasteiger charge is 2.34. The van der Waals surface area contributed by atoms with Crippen LogP contribution in [0.5, 0.6) is 0 Å². The van der Waals surface area contributed by atoms with Gasteiger partial charge >= 0.3 is 12.4 Å². The maximum absolute atomic E-state index is 13.5. The lowest BCUT2D eigenvalue weighted by atomic mass is 10.2. The lowest BCUT2D eigenvalue weighted by Crippen LogP contribution is -2.21. The molecule has 0 bridgehead atoms. The Balaban J connectivity index is 3.19. The molecule has 0 heterocycles. The molecule has 0 saturated heterocycles. The van der Waals surface area contributed by atoms with Crippen LogP contribution in [0.25, 0.3) is 0 Å². The summed E-state index contributed by atoms with van der Waals surface area (Å²) in [5.41, 5.74) is -1.59. The average Bonchev–Trinajstić information content (AvgIpc) is 2.33. The molecule has 0 saturated carbocycles. The van der Waals surface area contributed by atoms with Crippen LogP contribution in [0.3, 0.4) is 0 Å². The number of alkyl halides is 6. The molecule has 0 aliphatic heterocycles. The number of aliphatic imine (C=N–C) groups is 1. The van der Waals surface area contributed by atoms with E-state index in [4.69, 9.17) is 11.6 Å². The van der Waals surface area contributed by atoms with Gasteiger partial charge in [0.25, 0.3) is 0 Å². The first-order valence-corrected chi connectivity index (χ1v) is 7.13. The van der Waals surface area contributed by atoms with E-state index in [1.165, 1.54) is 6.92 Å². The van der Waals surface area contributed by atoms with E-state index in [2.05, 4.69) is 4.99 Å². The zero-order valence-corrected chi connectivity index (χ0v) is 12.5. The van der Waals surface area contributed by atoms with Gasteiger partial charge in [-0.05, 0) is 18.6 Å². The fourth-order valence-electron chi connectivity index (χ4n) is 1.36. The number of thioether (sulfide) groups is 1. The summed E-state index contributed by atoms with van der Waals surface area (Å²) in [5, 5.41) is -0.413. The van der Waals surface area contributed by atoms with Gasteiger partial charge in [0.2, 0.25) is 0 Å². The number of halogens is 8. The zero-order valence-electron chi connectivity index (χ0n) is 10.9. The molecule has 1 nitrogen and oxygen atoms in total. The molecule has 1 rings (SSSR count). The van der Waals surface area contributed by atoms with Crippen LogP contribution >= 0.6 is 23.4 Å². The van der Waals surface area contributed by atoms with Crippen LogP contribution in [0.1, 0.15) is 13.3 Å². The first kappa shape index (κ1) is 19.1. The monoisotopic (exact) mass is 367 g/mol. The highest BCUT2D eigenvalue weighted by Crippen LogP contribution is 2.36. The first-order chi connectivity index (χ1) is 9.94. The Bertz CT molecular complexity index is 566. The molecule has 0 spiro atoms. The molecule has 0 N–H and O–H groups in total. The number of benzene rings is 1. The van der Waals surface area contributed by atoms with Crippen LogP contribution in [0, 0.1) is 5.82 Å². The summed E-state index contributed by atoms with van der Waals surface area (Å²) >= 11 is 5.71. The van der Waals surface area contributed by atoms with E-state index >= 15 is 0 Å². The average molecular weight is 368 g/mol. The van der Waals surface area contributed by atoms with E-state index in [1.54, 1.807) is 0 Å². The van der Waals surface area contributed by atoms with Crippen molar-refractivity contribution in [1.29, 1.82) is 0 Å². The van der Waals surface area contributed by atoms with Crippen LogP contribution < -0.4 is 0 Å². The number of hydrogen-bond acceptors (Lipinski definition) is 2. The molecular weight excluding hydrogens is 359 g/mol. The number of rotatable bonds is 4. The van der Waals surface area contributed by atoms with Gasteiger partial charge in [-0.2, -0.15) is 26.3 Å². The van der Waals surface area contributed by atoms with E-state index in [-0.39, 0.29) is 11.8 Å². The fraction of sp³-hybridized carbons (Fsp3) is 0.417. The highest BCUT2D eigenvalue weighted by molar-refractivity contribution is 7.99. The third-order valence-corrected chi connectivity index (χ3v) is 3.71. The standard InChI is InChI=1S/C12H9ClF7NS/c1-2-10(12(18,19)20)21-8-4-9(7(14)3-6(8)13)22-5-11(15,16)17/h3-4H,2,5H2,1H3.